The molecule has 4 aromatic heterocycles. The lowest BCUT2D eigenvalue weighted by Crippen LogP contribution is -1.99. The summed E-state index contributed by atoms with van der Waals surface area (Å²) in [5.41, 5.74) is 37.2. The molecule has 3 aliphatic carbocycles. The number of nitrogens with zero attached hydrogens (tertiary/aromatic N) is 4. The summed E-state index contributed by atoms with van der Waals surface area (Å²) in [5, 5.41) is 15.8. The monoisotopic (exact) mass is 1480 g/mol. The fraction of sp³-hybridized carbons (Fsp3) is 0. The summed E-state index contributed by atoms with van der Waals surface area (Å²) in [6.07, 6.45) is 0. The molecular weight excluding hydrogens is 1410 g/mol. The van der Waals surface area contributed by atoms with Gasteiger partial charge in [0.15, 0.2) is 0 Å². The average molecular weight is 1480 g/mol. The maximum Gasteiger partial charge on any atom is 0.138 e. The van der Waals surface area contributed by atoms with Crippen LogP contribution in [0.1, 0.15) is 0 Å². The van der Waals surface area contributed by atoms with E-state index in [0.717, 1.165) is 17.1 Å². The molecule has 0 N–H and O–H groups in total. The van der Waals surface area contributed by atoms with E-state index in [1.807, 2.05) is 6.07 Å². The smallest absolute Gasteiger partial charge is 0.138 e. The van der Waals surface area contributed by atoms with Gasteiger partial charge in [0.2, 0.25) is 0 Å². The van der Waals surface area contributed by atoms with Gasteiger partial charge in [0, 0.05) is 49.3 Å². The molecule has 0 unspecified atom stereocenters. The Kier molecular flexibility index (Phi) is 15.0. The van der Waals surface area contributed by atoms with Crippen molar-refractivity contribution in [3.63, 3.8) is 0 Å². The number of fused-ring (bicyclic) bond motifs is 9. The minimum absolute atomic E-state index is 0.930. The van der Waals surface area contributed by atoms with Crippen molar-refractivity contribution in [3.8, 4) is 140 Å². The average Bonchev–Trinajstić information content (AvgIpc) is 1.55. The van der Waals surface area contributed by atoms with Crippen LogP contribution in [-0.4, -0.2) is 18.7 Å². The molecule has 26 rings (SSSR count). The zero-order valence-corrected chi connectivity index (χ0v) is 63.7. The van der Waals surface area contributed by atoms with Crippen molar-refractivity contribution in [2.45, 2.75) is 0 Å². The van der Waals surface area contributed by atoms with Gasteiger partial charge in [-0.3, -0.25) is 4.57 Å². The van der Waals surface area contributed by atoms with Crippen molar-refractivity contribution >= 4 is 97.7 Å². The Balaban J connectivity index is 0.000000101. The van der Waals surface area contributed by atoms with Crippen LogP contribution in [0.4, 0.5) is 0 Å². The van der Waals surface area contributed by atoms with Crippen molar-refractivity contribution in [1.82, 2.24) is 18.7 Å². The maximum absolute atomic E-state index is 5.20. The van der Waals surface area contributed by atoms with Gasteiger partial charge >= 0.3 is 0 Å². The lowest BCUT2D eigenvalue weighted by molar-refractivity contribution is 1.08. The van der Waals surface area contributed by atoms with Gasteiger partial charge in [-0.25, -0.2) is 4.98 Å². The SMILES string of the molecule is c1ccc(-c2cc3c4c(ccc5c4c4c(cccc4n5-c4cccc(-c5ccccc5)n4)-c4ccccc4-3)c2)cc1.c1ccc(-c2cc3c4c(ccc5c4c4c(cccc4n5-c4ccccc4)-c4ccccc4-3)c2)cc1.c1ccc(-c2cccc(-n3c4cccc5c4c4c6c(cc(-c7ccccc7)cc6ccc43)-c3ccccc3-5)c2)cc1. The second-order valence-corrected chi connectivity index (χ2v) is 31.1. The van der Waals surface area contributed by atoms with Gasteiger partial charge < -0.3 is 9.13 Å². The van der Waals surface area contributed by atoms with Crippen molar-refractivity contribution in [2.24, 2.45) is 0 Å². The molecule has 4 heterocycles. The number of hydrogen-bond donors (Lipinski definition) is 0. The Morgan fingerprint density at radius 1 is 0.145 bits per heavy atom. The van der Waals surface area contributed by atoms with Gasteiger partial charge in [0.25, 0.3) is 0 Å². The van der Waals surface area contributed by atoms with Crippen molar-refractivity contribution in [1.29, 1.82) is 0 Å². The van der Waals surface area contributed by atoms with Crippen LogP contribution >= 0.6 is 0 Å². The van der Waals surface area contributed by atoms with E-state index < -0.39 is 0 Å². The van der Waals surface area contributed by atoms with Gasteiger partial charge in [0.05, 0.1) is 38.8 Å². The van der Waals surface area contributed by atoms with Gasteiger partial charge in [-0.15, -0.1) is 0 Å². The number of rotatable bonds is 8. The van der Waals surface area contributed by atoms with Crippen molar-refractivity contribution in [3.05, 3.63) is 425 Å². The predicted molar refractivity (Wildman–Crippen MR) is 493 cm³/mol. The lowest BCUT2D eigenvalue weighted by Gasteiger charge is -2.15. The minimum atomic E-state index is 0.930. The van der Waals surface area contributed by atoms with E-state index in [-0.39, 0.29) is 0 Å². The molecule has 4 nitrogen and oxygen atoms in total. The van der Waals surface area contributed by atoms with Crippen LogP contribution in [0, 0.1) is 0 Å². The standard InChI is InChI=1S/C40H25N.C39H24N2.C34H21N/c1-3-11-26(12-4-1)28-15-9-16-31(24-28)41-36-20-10-19-34-32-17-7-8-18-33(32)35-25-30(27-13-5-2-6-14-27)23-29-21-22-37(41)40(38(29)35)39(34)36;1-3-11-25(12-4-1)28-23-27-21-22-35-39-37(27)32(24-28)30-16-8-7-15-29(30)31-17-9-19-34(38(31)39)41(35)36-20-10-18-33(40-36)26-13-5-2-6-14-26;1-3-10-22(11-4-1)24-20-23-18-19-31-34-32(23)29(21-24)27-15-8-7-14-26(27)28-16-9-17-30(33(28)34)35(31)25-12-5-2-6-13-25/h1-25H;1-24H;1-21H. The summed E-state index contributed by atoms with van der Waals surface area (Å²) in [6, 6.07) is 154. The van der Waals surface area contributed by atoms with Gasteiger partial charge in [-0.05, 0) is 253 Å². The van der Waals surface area contributed by atoms with E-state index in [2.05, 4.69) is 432 Å². The summed E-state index contributed by atoms with van der Waals surface area (Å²) in [6.45, 7) is 0. The van der Waals surface area contributed by atoms with Crippen LogP contribution in [0.5, 0.6) is 0 Å². The van der Waals surface area contributed by atoms with Gasteiger partial charge in [0.1, 0.15) is 5.82 Å². The first-order valence-electron chi connectivity index (χ1n) is 40.4. The second-order valence-electron chi connectivity index (χ2n) is 31.1. The van der Waals surface area contributed by atoms with Crippen LogP contribution in [0.15, 0.2) is 425 Å². The first-order chi connectivity index (χ1) is 58.1. The fourth-order valence-electron chi connectivity index (χ4n) is 19.8. The molecule has 0 saturated heterocycles. The van der Waals surface area contributed by atoms with Gasteiger partial charge in [-0.1, -0.05) is 315 Å². The fourth-order valence-corrected chi connectivity index (χ4v) is 19.8. The van der Waals surface area contributed by atoms with Gasteiger partial charge in [-0.2, -0.15) is 0 Å². The van der Waals surface area contributed by atoms with Crippen molar-refractivity contribution < 1.29 is 0 Å². The third-order valence-corrected chi connectivity index (χ3v) is 24.7. The molecular formula is C113H70N4. The lowest BCUT2D eigenvalue weighted by atomic mass is 9.90. The molecule has 117 heavy (non-hydrogen) atoms. The molecule has 542 valence electrons. The Hall–Kier alpha value is -15.5. The zero-order valence-electron chi connectivity index (χ0n) is 63.7. The Labute approximate surface area is 676 Å². The Morgan fingerprint density at radius 3 is 0.829 bits per heavy atom. The topological polar surface area (TPSA) is 27.7 Å². The summed E-state index contributed by atoms with van der Waals surface area (Å²) in [7, 11) is 0. The van der Waals surface area contributed by atoms with Crippen LogP contribution in [-0.2, 0) is 0 Å². The van der Waals surface area contributed by atoms with E-state index in [9.17, 15) is 0 Å². The molecule has 0 fully saturated rings. The van der Waals surface area contributed by atoms with Crippen LogP contribution in [0.3, 0.4) is 0 Å². The molecule has 0 radical (unpaired) electrons. The molecule has 19 aromatic carbocycles. The van der Waals surface area contributed by atoms with Crippen LogP contribution in [0.25, 0.3) is 237 Å². The quantitative estimate of drug-likeness (QED) is 0.149. The number of aromatic nitrogens is 4. The molecule has 0 bridgehead atoms. The summed E-state index contributed by atoms with van der Waals surface area (Å²) >= 11 is 0. The highest BCUT2D eigenvalue weighted by Gasteiger charge is 2.30. The van der Waals surface area contributed by atoms with Crippen molar-refractivity contribution in [2.75, 3.05) is 0 Å². The van der Waals surface area contributed by atoms with E-state index in [0.29, 0.717) is 0 Å². The molecule has 3 aliphatic rings. The Morgan fingerprint density at radius 2 is 0.427 bits per heavy atom. The number of para-hydroxylation sites is 1. The Bertz CT molecular complexity index is 7680. The first kappa shape index (κ1) is 66.1. The first-order valence-corrected chi connectivity index (χ1v) is 40.4. The molecule has 0 aliphatic heterocycles. The molecule has 0 saturated carbocycles. The van der Waals surface area contributed by atoms with E-state index >= 15 is 0 Å². The largest absolute Gasteiger partial charge is 0.309 e. The predicted octanol–water partition coefficient (Wildman–Crippen LogP) is 30.5. The number of hydrogen-bond acceptors (Lipinski definition) is 1. The molecule has 0 amide bonds. The number of pyridine rings is 1. The molecule has 23 aromatic rings. The third-order valence-electron chi connectivity index (χ3n) is 24.7. The normalized spacial score (nSPS) is 11.9. The minimum Gasteiger partial charge on any atom is -0.309 e. The summed E-state index contributed by atoms with van der Waals surface area (Å²) in [5.74, 6) is 0.930. The molecule has 4 heteroatoms. The highest BCUT2D eigenvalue weighted by atomic mass is 15.1. The maximum atomic E-state index is 5.20. The highest BCUT2D eigenvalue weighted by Crippen LogP contribution is 2.55. The summed E-state index contributed by atoms with van der Waals surface area (Å²) in [4.78, 5) is 5.20. The van der Waals surface area contributed by atoms with Crippen LogP contribution < -0.4 is 0 Å². The van der Waals surface area contributed by atoms with E-state index in [1.54, 1.807) is 0 Å². The van der Waals surface area contributed by atoms with Crippen LogP contribution in [0.2, 0.25) is 0 Å². The third kappa shape index (κ3) is 10.4. The van der Waals surface area contributed by atoms with E-state index in [1.165, 1.54) is 220 Å². The number of benzene rings is 19. The molecule has 0 atom stereocenters. The second kappa shape index (κ2) is 26.6. The zero-order chi connectivity index (χ0) is 76.8. The highest BCUT2D eigenvalue weighted by molar-refractivity contribution is 6.34. The molecule has 0 spiro atoms. The van der Waals surface area contributed by atoms with E-state index in [4.69, 9.17) is 4.98 Å². The summed E-state index contributed by atoms with van der Waals surface area (Å²) < 4.78 is 7.24.